The van der Waals surface area contributed by atoms with Crippen LogP contribution in [-0.4, -0.2) is 37.9 Å². The maximum Gasteiger partial charge on any atom is 0.434 e. The monoisotopic (exact) mass is 537 g/mol. The molecule has 0 aliphatic heterocycles. The molecule has 40 heavy (non-hydrogen) atoms. The van der Waals surface area contributed by atoms with Crippen molar-refractivity contribution in [2.24, 2.45) is 4.99 Å². The van der Waals surface area contributed by atoms with Gasteiger partial charge in [-0.25, -0.2) is 4.79 Å². The number of para-hydroxylation sites is 2. The maximum atomic E-state index is 13.0. The Morgan fingerprint density at radius 3 is 2.15 bits per heavy atom. The van der Waals surface area contributed by atoms with Crippen LogP contribution in [-0.2, 0) is 13.0 Å². The number of carbonyl (C=O) groups is 2. The first kappa shape index (κ1) is 26.7. The Bertz CT molecular complexity index is 1730. The lowest BCUT2D eigenvalue weighted by atomic mass is 10.0. The molecule has 1 unspecified atom stereocenters. The van der Waals surface area contributed by atoms with Crippen molar-refractivity contribution in [2.45, 2.75) is 39.8 Å². The van der Waals surface area contributed by atoms with Gasteiger partial charge < -0.3 is 24.1 Å². The molecule has 0 saturated carbocycles. The molecule has 0 bridgehead atoms. The highest BCUT2D eigenvalue weighted by molar-refractivity contribution is 5.94. The zero-order chi connectivity index (χ0) is 28.2. The summed E-state index contributed by atoms with van der Waals surface area (Å²) < 4.78 is 8.92. The van der Waals surface area contributed by atoms with Crippen LogP contribution < -0.4 is 10.9 Å². The third-order valence-corrected chi connectivity index (χ3v) is 7.00. The normalized spacial score (nSPS) is 12.5. The van der Waals surface area contributed by atoms with Crippen LogP contribution in [0.1, 0.15) is 44.4 Å². The molecule has 2 N–H and O–H groups in total. The van der Waals surface area contributed by atoms with Crippen LogP contribution >= 0.6 is 0 Å². The largest absolute Gasteiger partial charge is 0.463 e. The molecule has 3 aromatic carbocycles. The first-order valence-electron chi connectivity index (χ1n) is 13.1. The van der Waals surface area contributed by atoms with Gasteiger partial charge in [0.2, 0.25) is 5.62 Å². The van der Waals surface area contributed by atoms with Crippen LogP contribution in [0.25, 0.3) is 11.0 Å². The number of fused-ring (bicyclic) bond motifs is 1. The summed E-state index contributed by atoms with van der Waals surface area (Å²) in [5, 5.41) is 16.6. The molecule has 5 rings (SSSR count). The Kier molecular flexibility index (Phi) is 7.63. The van der Waals surface area contributed by atoms with E-state index in [1.807, 2.05) is 95.8 Å². The minimum Gasteiger partial charge on any atom is -0.463 e. The summed E-state index contributed by atoms with van der Waals surface area (Å²) in [6, 6.07) is 23.7. The van der Waals surface area contributed by atoms with E-state index in [2.05, 4.69) is 15.5 Å². The Morgan fingerprint density at radius 2 is 1.55 bits per heavy atom. The molecule has 0 spiro atoms. The van der Waals surface area contributed by atoms with Gasteiger partial charge in [-0.15, -0.1) is 4.99 Å². The zero-order valence-corrected chi connectivity index (χ0v) is 22.7. The molecule has 9 nitrogen and oxygen atoms in total. The molecule has 2 aromatic heterocycles. The van der Waals surface area contributed by atoms with Crippen molar-refractivity contribution >= 4 is 23.0 Å². The lowest BCUT2D eigenvalue weighted by Gasteiger charge is -2.21. The summed E-state index contributed by atoms with van der Waals surface area (Å²) >= 11 is 0. The van der Waals surface area contributed by atoms with Crippen molar-refractivity contribution in [3.63, 3.8) is 0 Å². The molecule has 2 heterocycles. The van der Waals surface area contributed by atoms with Crippen LogP contribution in [0.3, 0.4) is 0 Å². The lowest BCUT2D eigenvalue weighted by Crippen LogP contribution is -2.38. The van der Waals surface area contributed by atoms with E-state index in [9.17, 15) is 14.7 Å². The van der Waals surface area contributed by atoms with Gasteiger partial charge in [-0.1, -0.05) is 76.9 Å². The number of carboxylic acid groups (broad SMARTS) is 1. The van der Waals surface area contributed by atoms with Crippen molar-refractivity contribution in [1.29, 1.82) is 0 Å². The average molecular weight is 538 g/mol. The fourth-order valence-electron chi connectivity index (χ4n) is 4.91. The standard InChI is InChI=1S/C31H31N5O4/c1-20-8-12-23(13-9-20)16-25(17-32-29(37)26-18-33-40-22(26)3)36-28-7-5-4-6-27(28)35(30(36)34-31(38)39)19-24-14-10-21(2)11-15-24/h4-15,18,25H,16-17,19H2,1-3H3,(H,32,37)(H,38,39). The summed E-state index contributed by atoms with van der Waals surface area (Å²) in [6.45, 7) is 6.40. The minimum absolute atomic E-state index is 0.225. The highest BCUT2D eigenvalue weighted by atomic mass is 16.5. The third-order valence-electron chi connectivity index (χ3n) is 7.00. The Labute approximate surface area is 231 Å². The summed E-state index contributed by atoms with van der Waals surface area (Å²) in [4.78, 5) is 29.1. The van der Waals surface area contributed by atoms with E-state index in [0.717, 1.165) is 33.3 Å². The van der Waals surface area contributed by atoms with Gasteiger partial charge in [0, 0.05) is 6.54 Å². The predicted molar refractivity (Wildman–Crippen MR) is 151 cm³/mol. The summed E-state index contributed by atoms with van der Waals surface area (Å²) in [7, 11) is 0. The van der Waals surface area contributed by atoms with Gasteiger partial charge in [0.1, 0.15) is 11.3 Å². The van der Waals surface area contributed by atoms with Gasteiger partial charge in [0.15, 0.2) is 0 Å². The first-order valence-corrected chi connectivity index (χ1v) is 13.1. The van der Waals surface area contributed by atoms with Crippen molar-refractivity contribution in [1.82, 2.24) is 19.6 Å². The number of aryl methyl sites for hydroxylation is 3. The Morgan fingerprint density at radius 1 is 0.925 bits per heavy atom. The number of imidazole rings is 1. The second-order valence-electron chi connectivity index (χ2n) is 9.97. The van der Waals surface area contributed by atoms with Crippen molar-refractivity contribution in [3.05, 3.63) is 118 Å². The maximum absolute atomic E-state index is 13.0. The van der Waals surface area contributed by atoms with Gasteiger partial charge in [-0.05, 0) is 50.5 Å². The van der Waals surface area contributed by atoms with Gasteiger partial charge in [-0.2, -0.15) is 0 Å². The van der Waals surface area contributed by atoms with Gasteiger partial charge >= 0.3 is 6.09 Å². The van der Waals surface area contributed by atoms with Gasteiger partial charge in [0.25, 0.3) is 5.91 Å². The number of hydrogen-bond acceptors (Lipinski definition) is 4. The first-order chi connectivity index (χ1) is 19.3. The number of nitrogens with zero attached hydrogens (tertiary/aromatic N) is 4. The number of carbonyl (C=O) groups excluding carboxylic acids is 1. The van der Waals surface area contributed by atoms with E-state index < -0.39 is 6.09 Å². The minimum atomic E-state index is -1.29. The molecule has 5 aromatic rings. The van der Waals surface area contributed by atoms with Crippen molar-refractivity contribution in [2.75, 3.05) is 6.54 Å². The highest BCUT2D eigenvalue weighted by Gasteiger charge is 2.23. The lowest BCUT2D eigenvalue weighted by molar-refractivity contribution is 0.0945. The number of rotatable bonds is 8. The molecule has 1 atom stereocenters. The van der Waals surface area contributed by atoms with E-state index in [1.54, 1.807) is 6.92 Å². The fourth-order valence-corrected chi connectivity index (χ4v) is 4.91. The highest BCUT2D eigenvalue weighted by Crippen LogP contribution is 2.22. The second kappa shape index (κ2) is 11.4. The number of benzene rings is 3. The van der Waals surface area contributed by atoms with E-state index in [0.29, 0.717) is 29.9 Å². The zero-order valence-electron chi connectivity index (χ0n) is 22.7. The molecule has 0 aliphatic carbocycles. The summed E-state index contributed by atoms with van der Waals surface area (Å²) in [6.07, 6.45) is 0.639. The van der Waals surface area contributed by atoms with Crippen LogP contribution in [0, 0.1) is 20.8 Å². The van der Waals surface area contributed by atoms with E-state index in [-0.39, 0.29) is 18.5 Å². The quantitative estimate of drug-likeness (QED) is 0.282. The SMILES string of the molecule is Cc1ccc(CC(CNC(=O)c2cnoc2C)n2c(=NC(=O)O)n(Cc3ccc(C)cc3)c3ccccc32)cc1. The van der Waals surface area contributed by atoms with Crippen LogP contribution in [0.5, 0.6) is 0 Å². The molecule has 2 amide bonds. The van der Waals surface area contributed by atoms with Crippen LogP contribution in [0.4, 0.5) is 4.79 Å². The average Bonchev–Trinajstić information content (AvgIpc) is 3.49. The summed E-state index contributed by atoms with van der Waals surface area (Å²) in [5.74, 6) is 0.116. The van der Waals surface area contributed by atoms with Gasteiger partial charge in [0.05, 0.1) is 29.8 Å². The molecule has 204 valence electrons. The van der Waals surface area contributed by atoms with Crippen molar-refractivity contribution in [3.8, 4) is 0 Å². The van der Waals surface area contributed by atoms with E-state index in [1.165, 1.54) is 6.20 Å². The molecular formula is C31H31N5O4. The number of amides is 2. The fraction of sp³-hybridized carbons (Fsp3) is 0.226. The van der Waals surface area contributed by atoms with Gasteiger partial charge in [-0.3, -0.25) is 4.79 Å². The number of aromatic nitrogens is 3. The van der Waals surface area contributed by atoms with Crippen LogP contribution in [0.2, 0.25) is 0 Å². The molecule has 0 saturated heterocycles. The topological polar surface area (TPSA) is 115 Å². The number of nitrogens with one attached hydrogen (secondary N) is 1. The molecule has 9 heteroatoms. The summed E-state index contributed by atoms with van der Waals surface area (Å²) in [5.41, 5.74) is 6.67. The van der Waals surface area contributed by atoms with E-state index >= 15 is 0 Å². The smallest absolute Gasteiger partial charge is 0.434 e. The van der Waals surface area contributed by atoms with E-state index in [4.69, 9.17) is 4.52 Å². The molecular weight excluding hydrogens is 506 g/mol. The molecule has 0 aliphatic rings. The Balaban J connectivity index is 1.64. The predicted octanol–water partition coefficient (Wildman–Crippen LogP) is 5.20. The van der Waals surface area contributed by atoms with Crippen molar-refractivity contribution < 1.29 is 19.2 Å². The Hall–Kier alpha value is -4.92. The second-order valence-corrected chi connectivity index (χ2v) is 9.97. The third kappa shape index (κ3) is 5.73. The van der Waals surface area contributed by atoms with Crippen LogP contribution in [0.15, 0.2) is 88.5 Å². The molecule has 0 fully saturated rings. The molecule has 0 radical (unpaired) electrons. The number of hydrogen-bond donors (Lipinski definition) is 2.